The summed E-state index contributed by atoms with van der Waals surface area (Å²) in [6, 6.07) is 8.06. The van der Waals surface area contributed by atoms with E-state index in [0.717, 1.165) is 11.3 Å². The Bertz CT molecular complexity index is 732. The molecule has 1 N–H and O–H groups in total. The molecule has 0 fully saturated rings. The monoisotopic (exact) mass is 311 g/mol. The molecule has 1 aromatic heterocycles. The molecule has 0 aliphatic heterocycles. The zero-order valence-electron chi connectivity index (χ0n) is 11.1. The summed E-state index contributed by atoms with van der Waals surface area (Å²) in [4.78, 5) is 0.0195. The smallest absolute Gasteiger partial charge is 0.262 e. The van der Waals surface area contributed by atoms with Crippen LogP contribution in [0.4, 0.5) is 5.82 Å². The molecule has 0 atom stereocenters. The second-order valence-electron chi connectivity index (χ2n) is 4.25. The van der Waals surface area contributed by atoms with Crippen LogP contribution in [-0.2, 0) is 16.4 Å². The Morgan fingerprint density at radius 3 is 2.60 bits per heavy atom. The second kappa shape index (κ2) is 5.76. The number of benzene rings is 1. The van der Waals surface area contributed by atoms with E-state index in [1.807, 2.05) is 6.92 Å². The lowest BCUT2D eigenvalue weighted by Gasteiger charge is -2.11. The maximum atomic E-state index is 12.3. The first-order valence-electron chi connectivity index (χ1n) is 6.04. The van der Waals surface area contributed by atoms with E-state index in [4.69, 9.17) is 11.6 Å². The lowest BCUT2D eigenvalue weighted by atomic mass is 10.2. The highest BCUT2D eigenvalue weighted by Crippen LogP contribution is 2.24. The van der Waals surface area contributed by atoms with E-state index in [0.29, 0.717) is 6.42 Å². The van der Waals surface area contributed by atoms with Crippen LogP contribution in [0.5, 0.6) is 0 Å². The minimum Gasteiger partial charge on any atom is -0.262 e. The molecule has 0 saturated heterocycles. The first kappa shape index (κ1) is 14.7. The number of hydrogen-bond donors (Lipinski definition) is 1. The molecule has 7 heteroatoms. The molecule has 0 aliphatic carbocycles. The van der Waals surface area contributed by atoms with Crippen LogP contribution in [0, 0.1) is 6.92 Å². The van der Waals surface area contributed by atoms with Crippen LogP contribution in [0.2, 0.25) is 5.02 Å². The largest absolute Gasteiger partial charge is 0.264 e. The fourth-order valence-electron chi connectivity index (χ4n) is 1.74. The van der Waals surface area contributed by atoms with Crippen molar-refractivity contribution in [3.05, 3.63) is 46.6 Å². The van der Waals surface area contributed by atoms with Crippen LogP contribution < -0.4 is 4.72 Å². The van der Waals surface area contributed by atoms with Gasteiger partial charge in [-0.05, 0) is 37.1 Å². The van der Waals surface area contributed by atoms with Crippen molar-refractivity contribution in [3.63, 3.8) is 0 Å². The van der Waals surface area contributed by atoms with Gasteiger partial charge in [0, 0.05) is 0 Å². The van der Waals surface area contributed by atoms with Gasteiger partial charge in [-0.25, -0.2) is 8.42 Å². The van der Waals surface area contributed by atoms with Crippen molar-refractivity contribution in [3.8, 4) is 0 Å². The quantitative estimate of drug-likeness (QED) is 0.942. The molecule has 0 saturated carbocycles. The van der Waals surface area contributed by atoms with Crippen LogP contribution in [0.15, 0.2) is 35.2 Å². The SMILES string of the molecule is CCc1cc(C)nnc1NS(=O)(=O)c1ccccc1Cl. The van der Waals surface area contributed by atoms with Crippen molar-refractivity contribution in [2.45, 2.75) is 25.2 Å². The average Bonchev–Trinajstić information content (AvgIpc) is 2.41. The van der Waals surface area contributed by atoms with E-state index in [1.165, 1.54) is 12.1 Å². The fraction of sp³-hybridized carbons (Fsp3) is 0.231. The number of rotatable bonds is 4. The highest BCUT2D eigenvalue weighted by atomic mass is 35.5. The molecule has 0 aliphatic rings. The lowest BCUT2D eigenvalue weighted by molar-refractivity contribution is 0.601. The molecule has 1 heterocycles. The van der Waals surface area contributed by atoms with E-state index in [9.17, 15) is 8.42 Å². The Hall–Kier alpha value is -1.66. The molecule has 106 valence electrons. The molecule has 5 nitrogen and oxygen atoms in total. The van der Waals surface area contributed by atoms with Crippen molar-refractivity contribution in [2.24, 2.45) is 0 Å². The van der Waals surface area contributed by atoms with Gasteiger partial charge in [-0.2, -0.15) is 5.10 Å². The predicted molar refractivity (Wildman–Crippen MR) is 78.4 cm³/mol. The summed E-state index contributed by atoms with van der Waals surface area (Å²) in [5.74, 6) is 0.234. The third-order valence-electron chi connectivity index (χ3n) is 2.73. The van der Waals surface area contributed by atoms with Gasteiger partial charge < -0.3 is 0 Å². The van der Waals surface area contributed by atoms with Gasteiger partial charge >= 0.3 is 0 Å². The molecule has 0 amide bonds. The van der Waals surface area contributed by atoms with Crippen LogP contribution in [-0.4, -0.2) is 18.6 Å². The highest BCUT2D eigenvalue weighted by molar-refractivity contribution is 7.92. The zero-order chi connectivity index (χ0) is 14.8. The summed E-state index contributed by atoms with van der Waals surface area (Å²) >= 11 is 5.92. The van der Waals surface area contributed by atoms with Crippen molar-refractivity contribution in [1.82, 2.24) is 10.2 Å². The van der Waals surface area contributed by atoms with Gasteiger partial charge in [0.1, 0.15) is 4.90 Å². The molecular formula is C13H14ClN3O2S. The number of sulfonamides is 1. The summed E-state index contributed by atoms with van der Waals surface area (Å²) in [5.41, 5.74) is 1.52. The molecule has 0 unspecified atom stereocenters. The van der Waals surface area contributed by atoms with Crippen molar-refractivity contribution < 1.29 is 8.42 Å². The fourth-order valence-corrected chi connectivity index (χ4v) is 3.30. The lowest BCUT2D eigenvalue weighted by Crippen LogP contribution is -2.16. The zero-order valence-corrected chi connectivity index (χ0v) is 12.7. The van der Waals surface area contributed by atoms with Gasteiger partial charge in [-0.1, -0.05) is 30.7 Å². The van der Waals surface area contributed by atoms with E-state index >= 15 is 0 Å². The third-order valence-corrected chi connectivity index (χ3v) is 4.57. The summed E-state index contributed by atoms with van der Waals surface area (Å²) < 4.78 is 27.1. The van der Waals surface area contributed by atoms with Gasteiger partial charge in [0.2, 0.25) is 0 Å². The molecule has 1 aromatic carbocycles. The number of aryl methyl sites for hydroxylation is 2. The molecule has 20 heavy (non-hydrogen) atoms. The van der Waals surface area contributed by atoms with Crippen molar-refractivity contribution >= 4 is 27.4 Å². The standard InChI is InChI=1S/C13H14ClN3O2S/c1-3-10-8-9(2)15-16-13(10)17-20(18,19)12-7-5-4-6-11(12)14/h4-8H,3H2,1-2H3,(H,16,17). The minimum absolute atomic E-state index is 0.0195. The van der Waals surface area contributed by atoms with Gasteiger partial charge in [0.15, 0.2) is 5.82 Å². The molecule has 0 spiro atoms. The maximum Gasteiger partial charge on any atom is 0.264 e. The Labute approximate surface area is 123 Å². The van der Waals surface area contributed by atoms with E-state index in [1.54, 1.807) is 25.1 Å². The van der Waals surface area contributed by atoms with E-state index < -0.39 is 10.0 Å². The predicted octanol–water partition coefficient (Wildman–Crippen LogP) is 2.80. The topological polar surface area (TPSA) is 72.0 Å². The minimum atomic E-state index is -3.77. The number of halogens is 1. The Morgan fingerprint density at radius 2 is 1.95 bits per heavy atom. The Balaban J connectivity index is 2.41. The Kier molecular flexibility index (Phi) is 4.25. The van der Waals surface area contributed by atoms with Gasteiger partial charge in [-0.3, -0.25) is 4.72 Å². The van der Waals surface area contributed by atoms with Crippen LogP contribution >= 0.6 is 11.6 Å². The van der Waals surface area contributed by atoms with Crippen molar-refractivity contribution in [2.75, 3.05) is 4.72 Å². The van der Waals surface area contributed by atoms with E-state index in [2.05, 4.69) is 14.9 Å². The summed E-state index contributed by atoms with van der Waals surface area (Å²) in [6.45, 7) is 3.72. The number of nitrogens with zero attached hydrogens (tertiary/aromatic N) is 2. The molecule has 2 aromatic rings. The van der Waals surface area contributed by atoms with Gasteiger partial charge in [-0.15, -0.1) is 5.10 Å². The third kappa shape index (κ3) is 3.08. The number of hydrogen-bond acceptors (Lipinski definition) is 4. The first-order valence-corrected chi connectivity index (χ1v) is 7.90. The van der Waals surface area contributed by atoms with Gasteiger partial charge in [0.25, 0.3) is 10.0 Å². The summed E-state index contributed by atoms with van der Waals surface area (Å²) in [5, 5.41) is 7.95. The number of nitrogens with one attached hydrogen (secondary N) is 1. The van der Waals surface area contributed by atoms with E-state index in [-0.39, 0.29) is 15.7 Å². The summed E-state index contributed by atoms with van der Waals surface area (Å²) in [7, 11) is -3.77. The van der Waals surface area contributed by atoms with Crippen LogP contribution in [0.3, 0.4) is 0 Å². The average molecular weight is 312 g/mol. The molecule has 0 radical (unpaired) electrons. The highest BCUT2D eigenvalue weighted by Gasteiger charge is 2.19. The Morgan fingerprint density at radius 1 is 1.25 bits per heavy atom. The molecule has 0 bridgehead atoms. The number of aromatic nitrogens is 2. The normalized spacial score (nSPS) is 11.3. The van der Waals surface area contributed by atoms with Crippen LogP contribution in [0.25, 0.3) is 0 Å². The first-order chi connectivity index (χ1) is 9.44. The summed E-state index contributed by atoms with van der Waals surface area (Å²) in [6.07, 6.45) is 0.650. The number of anilines is 1. The van der Waals surface area contributed by atoms with Crippen molar-refractivity contribution in [1.29, 1.82) is 0 Å². The molecule has 2 rings (SSSR count). The molecular weight excluding hydrogens is 298 g/mol. The van der Waals surface area contributed by atoms with Crippen LogP contribution in [0.1, 0.15) is 18.2 Å². The van der Waals surface area contributed by atoms with Gasteiger partial charge in [0.05, 0.1) is 10.7 Å². The maximum absolute atomic E-state index is 12.3. The second-order valence-corrected chi connectivity index (χ2v) is 6.31.